The maximum Gasteiger partial charge on any atom is 0.250 e. The third-order valence-electron chi connectivity index (χ3n) is 7.90. The van der Waals surface area contributed by atoms with Gasteiger partial charge in [-0.3, -0.25) is 14.4 Å². The minimum Gasteiger partial charge on any atom is -0.343 e. The molecule has 4 aromatic rings. The van der Waals surface area contributed by atoms with E-state index in [0.717, 1.165) is 54.3 Å². The second-order valence-electron chi connectivity index (χ2n) is 11.9. The largest absolute Gasteiger partial charge is 0.343 e. The second kappa shape index (κ2) is 15.9. The van der Waals surface area contributed by atoms with Crippen molar-refractivity contribution in [3.8, 4) is 0 Å². The molecule has 11 heteroatoms. The summed E-state index contributed by atoms with van der Waals surface area (Å²) in [4.78, 5) is 46.3. The topological polar surface area (TPSA) is 122 Å². The number of aryl methyl sites for hydroxylation is 1. The van der Waals surface area contributed by atoms with E-state index in [0.29, 0.717) is 18.7 Å². The Bertz CT molecular complexity index is 1580. The van der Waals surface area contributed by atoms with Crippen LogP contribution in [0, 0.1) is 0 Å². The fourth-order valence-electron chi connectivity index (χ4n) is 5.45. The Morgan fingerprint density at radius 1 is 0.933 bits per heavy atom. The highest BCUT2D eigenvalue weighted by atomic mass is 35.5. The predicted molar refractivity (Wildman–Crippen MR) is 183 cm³/mol. The highest BCUT2D eigenvalue weighted by molar-refractivity contribution is 5.98. The van der Waals surface area contributed by atoms with Crippen molar-refractivity contribution >= 4 is 59.1 Å². The molecule has 45 heavy (non-hydrogen) atoms. The molecule has 0 bridgehead atoms. The van der Waals surface area contributed by atoms with Crippen LogP contribution in [0.4, 0.5) is 5.82 Å². The van der Waals surface area contributed by atoms with E-state index in [1.165, 1.54) is 0 Å². The van der Waals surface area contributed by atoms with Gasteiger partial charge in [0, 0.05) is 19.3 Å². The Balaban J connectivity index is 0.00000276. The van der Waals surface area contributed by atoms with Gasteiger partial charge in [0.05, 0.1) is 11.9 Å². The summed E-state index contributed by atoms with van der Waals surface area (Å²) in [7, 11) is 0. The van der Waals surface area contributed by atoms with Crippen molar-refractivity contribution in [1.29, 1.82) is 0 Å². The van der Waals surface area contributed by atoms with Gasteiger partial charge >= 0.3 is 0 Å². The number of anilines is 1. The first kappa shape index (κ1) is 35.6. The third-order valence-corrected chi connectivity index (χ3v) is 7.90. The number of hydrogen-bond donors (Lipinski definition) is 3. The Kier molecular flexibility index (Phi) is 12.6. The SMILES string of the molecule is CC(C)(N)C(=O)N[C@H](CCCc1ccccc1)C(=O)Nc1cn(C(C(=O)N2CCCC2)c2ccc3ccccc3c2)cn1.Cl.Cl. The van der Waals surface area contributed by atoms with Crippen molar-refractivity contribution in [2.45, 2.75) is 63.6 Å². The molecule has 9 nitrogen and oxygen atoms in total. The molecule has 3 amide bonds. The molecular formula is C34H42Cl2N6O3. The molecule has 5 rings (SSSR count). The number of halogens is 2. The Morgan fingerprint density at radius 2 is 1.60 bits per heavy atom. The van der Waals surface area contributed by atoms with E-state index in [1.54, 1.807) is 30.9 Å². The minimum absolute atomic E-state index is 0. The number of rotatable bonds is 11. The molecule has 1 aromatic heterocycles. The first-order chi connectivity index (χ1) is 20.7. The van der Waals surface area contributed by atoms with Gasteiger partial charge in [-0.1, -0.05) is 66.7 Å². The zero-order valence-corrected chi connectivity index (χ0v) is 27.3. The summed E-state index contributed by atoms with van der Waals surface area (Å²) in [5, 5.41) is 7.82. The quantitative estimate of drug-likeness (QED) is 0.204. The summed E-state index contributed by atoms with van der Waals surface area (Å²) < 4.78 is 1.76. The fraction of sp³-hybridized carbons (Fsp3) is 0.353. The van der Waals surface area contributed by atoms with Crippen molar-refractivity contribution in [2.75, 3.05) is 18.4 Å². The highest BCUT2D eigenvalue weighted by Crippen LogP contribution is 2.27. The number of imidazole rings is 1. The van der Waals surface area contributed by atoms with E-state index >= 15 is 0 Å². The fourth-order valence-corrected chi connectivity index (χ4v) is 5.45. The van der Waals surface area contributed by atoms with E-state index in [9.17, 15) is 14.4 Å². The number of nitrogens with one attached hydrogen (secondary N) is 2. The lowest BCUT2D eigenvalue weighted by Crippen LogP contribution is -2.54. The Labute approximate surface area is 276 Å². The summed E-state index contributed by atoms with van der Waals surface area (Å²) in [5.41, 5.74) is 6.88. The van der Waals surface area contributed by atoms with Crippen LogP contribution in [0.15, 0.2) is 85.3 Å². The van der Waals surface area contributed by atoms with Crippen molar-refractivity contribution in [3.05, 3.63) is 96.4 Å². The summed E-state index contributed by atoms with van der Waals surface area (Å²) in [5.74, 6) is -0.492. The van der Waals surface area contributed by atoms with Gasteiger partial charge < -0.3 is 25.8 Å². The lowest BCUT2D eigenvalue weighted by atomic mass is 10.0. The first-order valence-corrected chi connectivity index (χ1v) is 14.9. The number of aromatic nitrogens is 2. The van der Waals surface area contributed by atoms with Crippen LogP contribution in [0.3, 0.4) is 0 Å². The summed E-state index contributed by atoms with van der Waals surface area (Å²) in [6, 6.07) is 22.7. The molecule has 2 atom stereocenters. The molecule has 1 unspecified atom stereocenters. The maximum absolute atomic E-state index is 13.8. The number of benzene rings is 3. The van der Waals surface area contributed by atoms with Crippen molar-refractivity contribution < 1.29 is 14.4 Å². The number of nitrogens with zero attached hydrogens (tertiary/aromatic N) is 3. The lowest BCUT2D eigenvalue weighted by molar-refractivity contribution is -0.132. The van der Waals surface area contributed by atoms with Gasteiger partial charge in [0.25, 0.3) is 0 Å². The molecule has 4 N–H and O–H groups in total. The number of carbonyl (C=O) groups is 3. The first-order valence-electron chi connectivity index (χ1n) is 14.9. The summed E-state index contributed by atoms with van der Waals surface area (Å²) in [6.45, 7) is 4.66. The molecule has 1 aliphatic heterocycles. The van der Waals surface area contributed by atoms with Gasteiger partial charge in [0.1, 0.15) is 12.1 Å². The zero-order valence-electron chi connectivity index (χ0n) is 25.6. The minimum atomic E-state index is -1.14. The van der Waals surface area contributed by atoms with E-state index < -0.39 is 23.5 Å². The molecule has 1 saturated heterocycles. The number of likely N-dealkylation sites (tertiary alicyclic amines) is 1. The molecular weight excluding hydrogens is 611 g/mol. The second-order valence-corrected chi connectivity index (χ2v) is 11.9. The molecule has 0 spiro atoms. The predicted octanol–water partition coefficient (Wildman–Crippen LogP) is 5.28. The molecule has 0 saturated carbocycles. The van der Waals surface area contributed by atoms with Gasteiger partial charge in [-0.25, -0.2) is 4.98 Å². The zero-order chi connectivity index (χ0) is 30.4. The van der Waals surface area contributed by atoms with Crippen LogP contribution in [0.1, 0.15) is 56.7 Å². The number of amides is 3. The standard InChI is InChI=1S/C34H40N6O3.2ClH/c1-34(2,35)33(43)37-28(16-10-13-24-11-4-3-5-12-24)31(41)38-29-22-40(23-36-29)30(32(42)39-19-8-9-20-39)27-18-17-25-14-6-7-15-26(25)21-27;;/h3-7,11-12,14-15,17-18,21-23,28,30H,8-10,13,16,19-20,35H2,1-2H3,(H,37,43)(H,38,41);2*1H/t28-,30?;;/m1../s1. The normalized spacial score (nSPS) is 14.2. The molecule has 1 fully saturated rings. The number of fused-ring (bicyclic) bond motifs is 1. The van der Waals surface area contributed by atoms with Crippen molar-refractivity contribution in [1.82, 2.24) is 19.8 Å². The monoisotopic (exact) mass is 652 g/mol. The molecule has 2 heterocycles. The van der Waals surface area contributed by atoms with E-state index in [4.69, 9.17) is 5.73 Å². The van der Waals surface area contributed by atoms with Crippen molar-refractivity contribution in [2.24, 2.45) is 5.73 Å². The average molecular weight is 654 g/mol. The van der Waals surface area contributed by atoms with Gasteiger partial charge in [-0.15, -0.1) is 24.8 Å². The number of carbonyl (C=O) groups excluding carboxylic acids is 3. The van der Waals surface area contributed by atoms with Crippen molar-refractivity contribution in [3.63, 3.8) is 0 Å². The summed E-state index contributed by atoms with van der Waals surface area (Å²) >= 11 is 0. The van der Waals surface area contributed by atoms with E-state index in [2.05, 4.69) is 15.6 Å². The van der Waals surface area contributed by atoms with Crippen LogP contribution in [-0.4, -0.2) is 56.8 Å². The van der Waals surface area contributed by atoms with Crippen LogP contribution in [-0.2, 0) is 20.8 Å². The highest BCUT2D eigenvalue weighted by Gasteiger charge is 2.31. The lowest BCUT2D eigenvalue weighted by Gasteiger charge is -2.25. The smallest absolute Gasteiger partial charge is 0.250 e. The van der Waals surface area contributed by atoms with Gasteiger partial charge in [0.2, 0.25) is 17.7 Å². The van der Waals surface area contributed by atoms with Crippen LogP contribution in [0.5, 0.6) is 0 Å². The number of hydrogen-bond acceptors (Lipinski definition) is 5. The molecule has 240 valence electrons. The Hall–Kier alpha value is -3.92. The summed E-state index contributed by atoms with van der Waals surface area (Å²) in [6.07, 6.45) is 7.12. The van der Waals surface area contributed by atoms with Crippen LogP contribution in [0.2, 0.25) is 0 Å². The molecule has 1 aliphatic rings. The van der Waals surface area contributed by atoms with E-state index in [-0.39, 0.29) is 36.6 Å². The third kappa shape index (κ3) is 9.06. The van der Waals surface area contributed by atoms with Gasteiger partial charge in [-0.05, 0) is 73.9 Å². The van der Waals surface area contributed by atoms with Crippen LogP contribution in [0.25, 0.3) is 10.8 Å². The number of nitrogens with two attached hydrogens (primary N) is 1. The van der Waals surface area contributed by atoms with Crippen LogP contribution < -0.4 is 16.4 Å². The van der Waals surface area contributed by atoms with Gasteiger partial charge in [0.15, 0.2) is 5.82 Å². The molecule has 3 aromatic carbocycles. The Morgan fingerprint density at radius 3 is 2.29 bits per heavy atom. The van der Waals surface area contributed by atoms with Crippen LogP contribution >= 0.6 is 24.8 Å². The molecule has 0 radical (unpaired) electrons. The average Bonchev–Trinajstić information content (AvgIpc) is 3.70. The molecule has 0 aliphatic carbocycles. The maximum atomic E-state index is 13.8. The van der Waals surface area contributed by atoms with E-state index in [1.807, 2.05) is 77.7 Å². The van der Waals surface area contributed by atoms with Gasteiger partial charge in [-0.2, -0.15) is 0 Å².